The van der Waals surface area contributed by atoms with Gasteiger partial charge in [0.15, 0.2) is 0 Å². The first kappa shape index (κ1) is 14.3. The number of para-hydroxylation sites is 1. The van der Waals surface area contributed by atoms with Crippen molar-refractivity contribution in [2.45, 2.75) is 13.8 Å². The van der Waals surface area contributed by atoms with E-state index in [1.165, 1.54) is 0 Å². The molecule has 104 valence electrons. The molecule has 0 bridgehead atoms. The van der Waals surface area contributed by atoms with Gasteiger partial charge in [0, 0.05) is 5.10 Å². The van der Waals surface area contributed by atoms with Crippen molar-refractivity contribution in [1.29, 1.82) is 0 Å². The van der Waals surface area contributed by atoms with E-state index in [1.807, 2.05) is 62.1 Å². The van der Waals surface area contributed by atoms with Crippen LogP contribution in [0.4, 0.5) is 11.6 Å². The minimum absolute atomic E-state index is 0. The fourth-order valence-electron chi connectivity index (χ4n) is 2.25. The number of hydrogen-bond acceptors (Lipinski definition) is 3. The van der Waals surface area contributed by atoms with Crippen LogP contribution in [0.5, 0.6) is 0 Å². The Bertz CT molecular complexity index is 736. The van der Waals surface area contributed by atoms with E-state index in [2.05, 4.69) is 19.8 Å². The summed E-state index contributed by atoms with van der Waals surface area (Å²) in [6.45, 7) is 4.01. The maximum atomic E-state index is 4.54. The minimum Gasteiger partial charge on any atom is -1.00 e. The van der Waals surface area contributed by atoms with Gasteiger partial charge in [0.05, 0.1) is 24.6 Å². The van der Waals surface area contributed by atoms with Gasteiger partial charge < -0.3 is 12.4 Å². The maximum Gasteiger partial charge on any atom is 0.387 e. The summed E-state index contributed by atoms with van der Waals surface area (Å²) in [5, 5.41) is 7.87. The summed E-state index contributed by atoms with van der Waals surface area (Å²) < 4.78 is 3.93. The van der Waals surface area contributed by atoms with Crippen molar-refractivity contribution < 1.29 is 16.8 Å². The first-order chi connectivity index (χ1) is 9.16. The molecule has 0 saturated carbocycles. The molecule has 6 heteroatoms. The third-order valence-corrected chi connectivity index (χ3v) is 3.13. The zero-order chi connectivity index (χ0) is 13.4. The Morgan fingerprint density at radius 3 is 2.55 bits per heavy atom. The van der Waals surface area contributed by atoms with Crippen LogP contribution in [0.25, 0.3) is 5.65 Å². The molecule has 0 saturated heterocycles. The van der Waals surface area contributed by atoms with Crippen LogP contribution in [0.1, 0.15) is 11.4 Å². The lowest BCUT2D eigenvalue weighted by molar-refractivity contribution is -0.505. The zero-order valence-electron chi connectivity index (χ0n) is 11.6. The molecule has 1 aromatic carbocycles. The normalized spacial score (nSPS) is 10.3. The second-order valence-electron chi connectivity index (χ2n) is 4.58. The van der Waals surface area contributed by atoms with Crippen LogP contribution < -0.4 is 22.1 Å². The van der Waals surface area contributed by atoms with E-state index in [4.69, 9.17) is 0 Å². The molecule has 2 aromatic heterocycles. The highest BCUT2D eigenvalue weighted by Crippen LogP contribution is 2.13. The summed E-state index contributed by atoms with van der Waals surface area (Å²) in [5.41, 5.74) is 4.02. The molecule has 0 aliphatic heterocycles. The van der Waals surface area contributed by atoms with Crippen molar-refractivity contribution in [3.63, 3.8) is 0 Å². The van der Waals surface area contributed by atoms with Crippen molar-refractivity contribution in [2.75, 3.05) is 5.32 Å². The van der Waals surface area contributed by atoms with Gasteiger partial charge in [-0.25, -0.2) is 0 Å². The highest BCUT2D eigenvalue weighted by Gasteiger charge is 2.20. The monoisotopic (exact) mass is 289 g/mol. The SMILES string of the molecule is Cc1ncc(C)[n+]2c(Nc3ccccc3)nn(C)c12.[Cl-]. The molecule has 0 radical (unpaired) electrons. The number of aryl methyl sites for hydroxylation is 3. The third-order valence-electron chi connectivity index (χ3n) is 3.13. The molecule has 3 rings (SSSR count). The number of anilines is 2. The van der Waals surface area contributed by atoms with E-state index in [9.17, 15) is 0 Å². The molecule has 0 aliphatic carbocycles. The van der Waals surface area contributed by atoms with Gasteiger partial charge in [-0.05, 0) is 26.0 Å². The lowest BCUT2D eigenvalue weighted by atomic mass is 10.3. The third kappa shape index (κ3) is 2.32. The molecule has 0 amide bonds. The van der Waals surface area contributed by atoms with E-state index in [1.54, 1.807) is 0 Å². The number of nitrogens with one attached hydrogen (secondary N) is 1. The lowest BCUT2D eigenvalue weighted by Crippen LogP contribution is -3.00. The number of aromatic nitrogens is 4. The van der Waals surface area contributed by atoms with E-state index >= 15 is 0 Å². The molecule has 3 aromatic rings. The maximum absolute atomic E-state index is 4.54. The summed E-state index contributed by atoms with van der Waals surface area (Å²) in [5.74, 6) is 0.798. The van der Waals surface area contributed by atoms with Gasteiger partial charge >= 0.3 is 5.95 Å². The number of halogens is 1. The van der Waals surface area contributed by atoms with Crippen molar-refractivity contribution in [2.24, 2.45) is 7.05 Å². The average Bonchev–Trinajstić information content (AvgIpc) is 2.73. The molecule has 1 N–H and O–H groups in total. The van der Waals surface area contributed by atoms with Crippen LogP contribution >= 0.6 is 0 Å². The summed E-state index contributed by atoms with van der Waals surface area (Å²) in [4.78, 5) is 4.38. The molecular formula is C14H16ClN5. The molecule has 2 heterocycles. The number of benzene rings is 1. The summed E-state index contributed by atoms with van der Waals surface area (Å²) in [6.07, 6.45) is 1.86. The van der Waals surface area contributed by atoms with Crippen molar-refractivity contribution in [3.05, 3.63) is 47.9 Å². The van der Waals surface area contributed by atoms with E-state index in [0.717, 1.165) is 28.7 Å². The first-order valence-corrected chi connectivity index (χ1v) is 6.20. The number of hydrogen-bond donors (Lipinski definition) is 1. The zero-order valence-corrected chi connectivity index (χ0v) is 12.4. The molecule has 5 nitrogen and oxygen atoms in total. The van der Waals surface area contributed by atoms with Gasteiger partial charge in [-0.2, -0.15) is 4.40 Å². The molecule has 20 heavy (non-hydrogen) atoms. The fourth-order valence-corrected chi connectivity index (χ4v) is 2.25. The largest absolute Gasteiger partial charge is 1.00 e. The molecule has 0 unspecified atom stereocenters. The topological polar surface area (TPSA) is 46.8 Å². The van der Waals surface area contributed by atoms with Gasteiger partial charge in [0.2, 0.25) is 0 Å². The quantitative estimate of drug-likeness (QED) is 0.611. The molecular weight excluding hydrogens is 274 g/mol. The molecule has 0 aliphatic rings. The van der Waals surface area contributed by atoms with E-state index < -0.39 is 0 Å². The number of rotatable bonds is 2. The minimum atomic E-state index is 0. The van der Waals surface area contributed by atoms with Gasteiger partial charge in [0.25, 0.3) is 5.65 Å². The van der Waals surface area contributed by atoms with E-state index in [-0.39, 0.29) is 12.4 Å². The van der Waals surface area contributed by atoms with Gasteiger partial charge in [0.1, 0.15) is 5.69 Å². The van der Waals surface area contributed by atoms with Crippen LogP contribution in [0.15, 0.2) is 36.5 Å². The Kier molecular flexibility index (Phi) is 3.90. The molecule has 0 spiro atoms. The van der Waals surface area contributed by atoms with Crippen molar-refractivity contribution in [1.82, 2.24) is 14.8 Å². The fraction of sp³-hybridized carbons (Fsp3) is 0.214. The number of nitrogens with zero attached hydrogens (tertiary/aromatic N) is 4. The summed E-state index contributed by atoms with van der Waals surface area (Å²) >= 11 is 0. The second kappa shape index (κ2) is 5.46. The number of fused-ring (bicyclic) bond motifs is 1. The molecule has 0 atom stereocenters. The highest BCUT2D eigenvalue weighted by atomic mass is 35.5. The van der Waals surface area contributed by atoms with Crippen molar-refractivity contribution >= 4 is 17.3 Å². The van der Waals surface area contributed by atoms with Crippen molar-refractivity contribution in [3.8, 4) is 0 Å². The Labute approximate surface area is 123 Å². The highest BCUT2D eigenvalue weighted by molar-refractivity contribution is 5.52. The Morgan fingerprint density at radius 2 is 1.85 bits per heavy atom. The van der Waals surface area contributed by atoms with Crippen LogP contribution in [-0.4, -0.2) is 14.8 Å². The lowest BCUT2D eigenvalue weighted by Gasteiger charge is -2.01. The van der Waals surface area contributed by atoms with Crippen LogP contribution in [0, 0.1) is 13.8 Å². The smallest absolute Gasteiger partial charge is 0.387 e. The Balaban J connectivity index is 0.00000147. The van der Waals surface area contributed by atoms with Gasteiger partial charge in [-0.15, -0.1) is 4.68 Å². The van der Waals surface area contributed by atoms with Crippen LogP contribution in [-0.2, 0) is 7.05 Å². The van der Waals surface area contributed by atoms with Crippen LogP contribution in [0.3, 0.4) is 0 Å². The summed E-state index contributed by atoms with van der Waals surface area (Å²) in [7, 11) is 1.93. The van der Waals surface area contributed by atoms with E-state index in [0.29, 0.717) is 0 Å². The summed E-state index contributed by atoms with van der Waals surface area (Å²) in [6, 6.07) is 10.0. The average molecular weight is 290 g/mol. The second-order valence-corrected chi connectivity index (χ2v) is 4.58. The van der Waals surface area contributed by atoms with Gasteiger partial charge in [-0.1, -0.05) is 18.2 Å². The Hall–Kier alpha value is -2.14. The predicted octanol–water partition coefficient (Wildman–Crippen LogP) is -1.08. The molecule has 0 fully saturated rings. The predicted molar refractivity (Wildman–Crippen MR) is 73.4 cm³/mol. The van der Waals surface area contributed by atoms with Gasteiger partial charge in [-0.3, -0.25) is 10.3 Å². The van der Waals surface area contributed by atoms with Crippen LogP contribution in [0.2, 0.25) is 0 Å². The standard InChI is InChI=1S/C14H16N5.ClH/c1-10-9-15-11(2)13-18(3)17-14(19(10)13)16-12-7-5-4-6-8-12;/h4-9H,1-3H3,(H,16,17);1H/q+1;/p-1. The first-order valence-electron chi connectivity index (χ1n) is 6.20. The Morgan fingerprint density at radius 1 is 1.15 bits per heavy atom.